The van der Waals surface area contributed by atoms with E-state index >= 15 is 0 Å². The lowest BCUT2D eigenvalue weighted by molar-refractivity contribution is -0.135. The number of aryl methyl sites for hydroxylation is 2. The highest BCUT2D eigenvalue weighted by atomic mass is 16.5. The fourth-order valence-corrected chi connectivity index (χ4v) is 4.37. The smallest absolute Gasteiger partial charge is 0.274 e. The van der Waals surface area contributed by atoms with Crippen LogP contribution in [0.25, 0.3) is 0 Å². The SMILES string of the molecule is CCN(CCC(=O)N1CCOCC1)C(=O)c1cc2n(n1)CCCN(Cc1ccc(C)cc1)C2=O. The van der Waals surface area contributed by atoms with Crippen molar-refractivity contribution in [2.24, 2.45) is 0 Å². The molecular formula is C25H33N5O4. The second-order valence-corrected chi connectivity index (χ2v) is 8.83. The predicted octanol–water partition coefficient (Wildman–Crippen LogP) is 1.95. The van der Waals surface area contributed by atoms with Crippen molar-refractivity contribution in [2.45, 2.75) is 39.8 Å². The lowest BCUT2D eigenvalue weighted by Crippen LogP contribution is -2.42. The van der Waals surface area contributed by atoms with E-state index in [1.807, 2.05) is 43.0 Å². The Labute approximate surface area is 200 Å². The maximum atomic E-state index is 13.3. The molecular weight excluding hydrogens is 434 g/mol. The zero-order valence-electron chi connectivity index (χ0n) is 20.0. The van der Waals surface area contributed by atoms with Gasteiger partial charge >= 0.3 is 0 Å². The highest BCUT2D eigenvalue weighted by Gasteiger charge is 2.28. The van der Waals surface area contributed by atoms with Gasteiger partial charge in [0.25, 0.3) is 11.8 Å². The second kappa shape index (κ2) is 10.8. The molecule has 1 aromatic carbocycles. The predicted molar refractivity (Wildman–Crippen MR) is 126 cm³/mol. The van der Waals surface area contributed by atoms with Crippen LogP contribution >= 0.6 is 0 Å². The molecule has 0 unspecified atom stereocenters. The average Bonchev–Trinajstić information content (AvgIpc) is 3.23. The molecule has 0 aliphatic carbocycles. The van der Waals surface area contributed by atoms with Crippen LogP contribution in [0.3, 0.4) is 0 Å². The van der Waals surface area contributed by atoms with E-state index in [1.54, 1.807) is 20.5 Å². The number of carbonyl (C=O) groups is 3. The summed E-state index contributed by atoms with van der Waals surface area (Å²) in [5.74, 6) is -0.344. The van der Waals surface area contributed by atoms with Crippen molar-refractivity contribution >= 4 is 17.7 Å². The molecule has 3 heterocycles. The average molecular weight is 468 g/mol. The third-order valence-corrected chi connectivity index (χ3v) is 6.43. The summed E-state index contributed by atoms with van der Waals surface area (Å²) in [7, 11) is 0. The van der Waals surface area contributed by atoms with Gasteiger partial charge in [0.05, 0.1) is 13.2 Å². The van der Waals surface area contributed by atoms with Crippen LogP contribution in [-0.4, -0.2) is 88.1 Å². The monoisotopic (exact) mass is 467 g/mol. The molecule has 182 valence electrons. The van der Waals surface area contributed by atoms with Gasteiger partial charge in [0.2, 0.25) is 5.91 Å². The molecule has 1 saturated heterocycles. The van der Waals surface area contributed by atoms with E-state index in [4.69, 9.17) is 4.74 Å². The van der Waals surface area contributed by atoms with E-state index in [1.165, 1.54) is 5.56 Å². The highest BCUT2D eigenvalue weighted by molar-refractivity contribution is 5.98. The Morgan fingerprint density at radius 2 is 1.82 bits per heavy atom. The summed E-state index contributed by atoms with van der Waals surface area (Å²) in [6, 6.07) is 9.77. The number of ether oxygens (including phenoxy) is 1. The molecule has 34 heavy (non-hydrogen) atoms. The Bertz CT molecular complexity index is 1030. The van der Waals surface area contributed by atoms with Crippen LogP contribution < -0.4 is 0 Å². The largest absolute Gasteiger partial charge is 0.378 e. The van der Waals surface area contributed by atoms with E-state index < -0.39 is 0 Å². The van der Waals surface area contributed by atoms with E-state index in [-0.39, 0.29) is 29.8 Å². The number of hydrogen-bond acceptors (Lipinski definition) is 5. The molecule has 0 bridgehead atoms. The summed E-state index contributed by atoms with van der Waals surface area (Å²) in [5, 5.41) is 4.47. The van der Waals surface area contributed by atoms with Gasteiger partial charge in [-0.1, -0.05) is 29.8 Å². The minimum Gasteiger partial charge on any atom is -0.378 e. The number of rotatable bonds is 7. The van der Waals surface area contributed by atoms with Crippen LogP contribution in [0.2, 0.25) is 0 Å². The Morgan fingerprint density at radius 3 is 2.53 bits per heavy atom. The lowest BCUT2D eigenvalue weighted by Gasteiger charge is -2.28. The molecule has 4 rings (SSSR count). The van der Waals surface area contributed by atoms with Crippen molar-refractivity contribution in [1.29, 1.82) is 0 Å². The van der Waals surface area contributed by atoms with Crippen molar-refractivity contribution in [3.63, 3.8) is 0 Å². The number of aromatic nitrogens is 2. The maximum Gasteiger partial charge on any atom is 0.274 e. The van der Waals surface area contributed by atoms with Gasteiger partial charge < -0.3 is 19.4 Å². The molecule has 2 aromatic rings. The minimum absolute atomic E-state index is 0.0251. The third kappa shape index (κ3) is 5.47. The number of fused-ring (bicyclic) bond motifs is 1. The Hall–Kier alpha value is -3.20. The number of morpholine rings is 1. The van der Waals surface area contributed by atoms with E-state index in [0.29, 0.717) is 64.7 Å². The van der Waals surface area contributed by atoms with E-state index in [9.17, 15) is 14.4 Å². The minimum atomic E-state index is -0.254. The number of nitrogens with zero attached hydrogens (tertiary/aromatic N) is 5. The van der Waals surface area contributed by atoms with Gasteiger partial charge in [-0.3, -0.25) is 19.1 Å². The van der Waals surface area contributed by atoms with Crippen molar-refractivity contribution in [2.75, 3.05) is 45.9 Å². The molecule has 9 heteroatoms. The molecule has 0 spiro atoms. The van der Waals surface area contributed by atoms with Crippen LogP contribution in [0.15, 0.2) is 30.3 Å². The first-order chi connectivity index (χ1) is 16.5. The first-order valence-corrected chi connectivity index (χ1v) is 12.0. The van der Waals surface area contributed by atoms with Gasteiger partial charge in [0.1, 0.15) is 5.69 Å². The quantitative estimate of drug-likeness (QED) is 0.621. The van der Waals surface area contributed by atoms with Gasteiger partial charge in [-0.15, -0.1) is 0 Å². The van der Waals surface area contributed by atoms with Crippen LogP contribution in [0.1, 0.15) is 51.9 Å². The highest BCUT2D eigenvalue weighted by Crippen LogP contribution is 2.18. The van der Waals surface area contributed by atoms with Crippen LogP contribution in [0.4, 0.5) is 0 Å². The Balaban J connectivity index is 1.42. The summed E-state index contributed by atoms with van der Waals surface area (Å²) in [5.41, 5.74) is 2.94. The standard InChI is InChI=1S/C25H33N5O4/c1-3-27(12-9-23(31)28-13-15-34-16-14-28)24(32)21-17-22-25(33)29(10-4-11-30(22)26-21)18-20-7-5-19(2)6-8-20/h5-8,17H,3-4,9-16,18H2,1-2H3. The second-order valence-electron chi connectivity index (χ2n) is 8.83. The van der Waals surface area contributed by atoms with Crippen molar-refractivity contribution < 1.29 is 19.1 Å². The fraction of sp³-hybridized carbons (Fsp3) is 0.520. The van der Waals surface area contributed by atoms with Gasteiger partial charge in [-0.05, 0) is 25.8 Å². The normalized spacial score (nSPS) is 16.2. The van der Waals surface area contributed by atoms with Crippen LogP contribution in [-0.2, 0) is 22.6 Å². The summed E-state index contributed by atoms with van der Waals surface area (Å²) in [6.07, 6.45) is 1.03. The molecule has 9 nitrogen and oxygen atoms in total. The summed E-state index contributed by atoms with van der Waals surface area (Å²) >= 11 is 0. The van der Waals surface area contributed by atoms with Gasteiger partial charge in [0.15, 0.2) is 5.69 Å². The molecule has 1 aromatic heterocycles. The topological polar surface area (TPSA) is 88.0 Å². The van der Waals surface area contributed by atoms with Crippen molar-refractivity contribution in [3.05, 3.63) is 52.8 Å². The van der Waals surface area contributed by atoms with Crippen molar-refractivity contribution in [1.82, 2.24) is 24.5 Å². The number of amides is 3. The van der Waals surface area contributed by atoms with Gasteiger partial charge in [-0.2, -0.15) is 5.10 Å². The Morgan fingerprint density at radius 1 is 1.09 bits per heavy atom. The van der Waals surface area contributed by atoms with Gasteiger partial charge in [0, 0.05) is 58.3 Å². The number of carbonyl (C=O) groups excluding carboxylic acids is 3. The van der Waals surface area contributed by atoms with Crippen LogP contribution in [0, 0.1) is 6.92 Å². The van der Waals surface area contributed by atoms with Gasteiger partial charge in [-0.25, -0.2) is 0 Å². The zero-order valence-corrected chi connectivity index (χ0v) is 20.0. The molecule has 0 saturated carbocycles. The third-order valence-electron chi connectivity index (χ3n) is 6.43. The zero-order chi connectivity index (χ0) is 24.1. The summed E-state index contributed by atoms with van der Waals surface area (Å²) in [4.78, 5) is 44.1. The molecule has 0 atom stereocenters. The fourth-order valence-electron chi connectivity index (χ4n) is 4.37. The molecule has 0 radical (unpaired) electrons. The lowest BCUT2D eigenvalue weighted by atomic mass is 10.1. The Kier molecular flexibility index (Phi) is 7.62. The molecule has 2 aliphatic heterocycles. The summed E-state index contributed by atoms with van der Waals surface area (Å²) in [6.45, 7) is 8.74. The number of benzene rings is 1. The van der Waals surface area contributed by atoms with E-state index in [2.05, 4.69) is 5.10 Å². The number of hydrogen-bond donors (Lipinski definition) is 0. The first-order valence-electron chi connectivity index (χ1n) is 12.0. The van der Waals surface area contributed by atoms with Crippen LogP contribution in [0.5, 0.6) is 0 Å². The molecule has 2 aliphatic rings. The van der Waals surface area contributed by atoms with Crippen molar-refractivity contribution in [3.8, 4) is 0 Å². The molecule has 0 N–H and O–H groups in total. The maximum absolute atomic E-state index is 13.3. The molecule has 1 fully saturated rings. The van der Waals surface area contributed by atoms with E-state index in [0.717, 1.165) is 12.0 Å². The molecule has 3 amide bonds. The summed E-state index contributed by atoms with van der Waals surface area (Å²) < 4.78 is 6.95. The first kappa shape index (κ1) is 23.9.